The summed E-state index contributed by atoms with van der Waals surface area (Å²) in [5.74, 6) is -0.127. The molecule has 0 unspecified atom stereocenters. The van der Waals surface area contributed by atoms with Crippen molar-refractivity contribution in [1.29, 1.82) is 0 Å². The summed E-state index contributed by atoms with van der Waals surface area (Å²) < 4.78 is 12.5. The van der Waals surface area contributed by atoms with E-state index in [2.05, 4.69) is 17.2 Å². The van der Waals surface area contributed by atoms with Crippen molar-refractivity contribution >= 4 is 17.3 Å². The van der Waals surface area contributed by atoms with Crippen LogP contribution in [0.1, 0.15) is 28.5 Å². The fraction of sp³-hybridized carbons (Fsp3) is 0.474. The lowest BCUT2D eigenvalue weighted by Crippen LogP contribution is -2.29. The third kappa shape index (κ3) is 3.99. The third-order valence-electron chi connectivity index (χ3n) is 4.75. The van der Waals surface area contributed by atoms with Gasteiger partial charge in [-0.2, -0.15) is 11.3 Å². The maximum Gasteiger partial charge on any atom is 0.343 e. The molecule has 0 N–H and O–H groups in total. The standard InChI is InChI=1S/C19H24N2O4S/c1-3-20-7-4-15-18(19(23)24-2)16(12-17(22)21(15)9-8-20)25-10-5-14-6-11-26-13-14/h6,11-13H,3-5,7-10H2,1-2H3. The highest BCUT2D eigenvalue weighted by Crippen LogP contribution is 2.24. The van der Waals surface area contributed by atoms with Crippen molar-refractivity contribution in [3.63, 3.8) is 0 Å². The summed E-state index contributed by atoms with van der Waals surface area (Å²) in [6, 6.07) is 3.46. The summed E-state index contributed by atoms with van der Waals surface area (Å²) in [7, 11) is 1.36. The molecular weight excluding hydrogens is 352 g/mol. The Kier molecular flexibility index (Phi) is 6.11. The zero-order chi connectivity index (χ0) is 18.5. The second-order valence-electron chi connectivity index (χ2n) is 6.23. The number of fused-ring (bicyclic) bond motifs is 1. The highest BCUT2D eigenvalue weighted by molar-refractivity contribution is 7.07. The monoisotopic (exact) mass is 376 g/mol. The van der Waals surface area contributed by atoms with Gasteiger partial charge in [0.15, 0.2) is 0 Å². The van der Waals surface area contributed by atoms with Crippen LogP contribution < -0.4 is 10.3 Å². The van der Waals surface area contributed by atoms with Crippen LogP contribution in [0.5, 0.6) is 5.75 Å². The molecule has 1 aliphatic heterocycles. The maximum atomic E-state index is 12.6. The Morgan fingerprint density at radius 2 is 2.15 bits per heavy atom. The number of pyridine rings is 1. The Bertz CT molecular complexity index is 814. The number of rotatable bonds is 6. The lowest BCUT2D eigenvalue weighted by Gasteiger charge is -2.17. The minimum Gasteiger partial charge on any atom is -0.492 e. The zero-order valence-corrected chi connectivity index (χ0v) is 16.0. The van der Waals surface area contributed by atoms with Crippen LogP contribution in [0.4, 0.5) is 0 Å². The average molecular weight is 376 g/mol. The van der Waals surface area contributed by atoms with Gasteiger partial charge in [-0.05, 0) is 28.9 Å². The Balaban J connectivity index is 1.91. The van der Waals surface area contributed by atoms with E-state index in [9.17, 15) is 9.59 Å². The van der Waals surface area contributed by atoms with Crippen LogP contribution in [0.15, 0.2) is 27.7 Å². The SMILES string of the molecule is CCN1CCc2c(C(=O)OC)c(OCCc3ccsc3)cc(=O)n2CC1. The van der Waals surface area contributed by atoms with Crippen LogP contribution >= 0.6 is 11.3 Å². The van der Waals surface area contributed by atoms with E-state index in [4.69, 9.17) is 9.47 Å². The van der Waals surface area contributed by atoms with Crippen molar-refractivity contribution in [2.75, 3.05) is 33.4 Å². The molecule has 26 heavy (non-hydrogen) atoms. The summed E-state index contributed by atoms with van der Waals surface area (Å²) >= 11 is 1.64. The molecule has 0 saturated carbocycles. The van der Waals surface area contributed by atoms with Crippen molar-refractivity contribution in [1.82, 2.24) is 9.47 Å². The number of hydrogen-bond donors (Lipinski definition) is 0. The number of nitrogens with zero attached hydrogens (tertiary/aromatic N) is 2. The second kappa shape index (κ2) is 8.51. The predicted octanol–water partition coefficient (Wildman–Crippen LogP) is 2.20. The molecule has 0 atom stereocenters. The van der Waals surface area contributed by atoms with Gasteiger partial charge in [-0.15, -0.1) is 0 Å². The molecule has 140 valence electrons. The van der Waals surface area contributed by atoms with Gasteiger partial charge in [-0.1, -0.05) is 6.92 Å². The molecule has 6 nitrogen and oxygen atoms in total. The number of carbonyl (C=O) groups is 1. The summed E-state index contributed by atoms with van der Waals surface area (Å²) in [6.45, 7) is 5.59. The molecule has 3 heterocycles. The molecule has 2 aromatic heterocycles. The first-order valence-electron chi connectivity index (χ1n) is 8.85. The Labute approximate surface area is 157 Å². The summed E-state index contributed by atoms with van der Waals surface area (Å²) in [4.78, 5) is 27.3. The second-order valence-corrected chi connectivity index (χ2v) is 7.01. The number of aromatic nitrogens is 1. The molecule has 3 rings (SSSR count). The predicted molar refractivity (Wildman–Crippen MR) is 101 cm³/mol. The quantitative estimate of drug-likeness (QED) is 0.724. The zero-order valence-electron chi connectivity index (χ0n) is 15.2. The fourth-order valence-corrected chi connectivity index (χ4v) is 3.96. The third-order valence-corrected chi connectivity index (χ3v) is 5.48. The lowest BCUT2D eigenvalue weighted by atomic mass is 10.1. The number of likely N-dealkylation sites (N-methyl/N-ethyl adjacent to an activating group) is 1. The first-order chi connectivity index (χ1) is 12.6. The molecule has 0 bridgehead atoms. The van der Waals surface area contributed by atoms with Gasteiger partial charge in [-0.25, -0.2) is 4.79 Å². The molecule has 0 amide bonds. The number of hydrogen-bond acceptors (Lipinski definition) is 6. The van der Waals surface area contributed by atoms with Crippen LogP contribution in [-0.4, -0.2) is 48.8 Å². The first kappa shape index (κ1) is 18.7. The molecule has 0 aliphatic carbocycles. The van der Waals surface area contributed by atoms with Gasteiger partial charge >= 0.3 is 5.97 Å². The van der Waals surface area contributed by atoms with E-state index < -0.39 is 5.97 Å². The van der Waals surface area contributed by atoms with Crippen molar-refractivity contribution in [2.45, 2.75) is 26.3 Å². The van der Waals surface area contributed by atoms with Crippen LogP contribution in [0, 0.1) is 0 Å². The van der Waals surface area contributed by atoms with Gasteiger partial charge in [0.2, 0.25) is 0 Å². The molecular formula is C19H24N2O4S. The van der Waals surface area contributed by atoms with Crippen molar-refractivity contribution < 1.29 is 14.3 Å². The minimum absolute atomic E-state index is 0.129. The number of ether oxygens (including phenoxy) is 2. The minimum atomic E-state index is -0.454. The topological polar surface area (TPSA) is 60.8 Å². The Hall–Kier alpha value is -2.12. The van der Waals surface area contributed by atoms with E-state index in [-0.39, 0.29) is 5.56 Å². The van der Waals surface area contributed by atoms with Crippen molar-refractivity contribution in [3.8, 4) is 5.75 Å². The molecule has 0 saturated heterocycles. The van der Waals surface area contributed by atoms with Crippen LogP contribution in [0.2, 0.25) is 0 Å². The Morgan fingerprint density at radius 1 is 1.31 bits per heavy atom. The van der Waals surface area contributed by atoms with E-state index in [1.54, 1.807) is 15.9 Å². The first-order valence-corrected chi connectivity index (χ1v) is 9.79. The highest BCUT2D eigenvalue weighted by atomic mass is 32.1. The number of methoxy groups -OCH3 is 1. The van der Waals surface area contributed by atoms with Gasteiger partial charge in [0.25, 0.3) is 5.56 Å². The molecule has 7 heteroatoms. The number of thiophene rings is 1. The van der Waals surface area contributed by atoms with Gasteiger partial charge in [0, 0.05) is 44.2 Å². The smallest absolute Gasteiger partial charge is 0.343 e. The summed E-state index contributed by atoms with van der Waals surface area (Å²) in [5.41, 5.74) is 2.15. The Morgan fingerprint density at radius 3 is 2.85 bits per heavy atom. The lowest BCUT2D eigenvalue weighted by molar-refractivity contribution is 0.0593. The van der Waals surface area contributed by atoms with E-state index in [0.29, 0.717) is 36.6 Å². The van der Waals surface area contributed by atoms with E-state index >= 15 is 0 Å². The van der Waals surface area contributed by atoms with Crippen LogP contribution in [0.3, 0.4) is 0 Å². The molecule has 1 aliphatic rings. The normalized spacial score (nSPS) is 14.5. The van der Waals surface area contributed by atoms with Crippen molar-refractivity contribution in [2.24, 2.45) is 0 Å². The molecule has 0 fully saturated rings. The summed E-state index contributed by atoms with van der Waals surface area (Å²) in [6.07, 6.45) is 1.35. The van der Waals surface area contributed by atoms with Crippen molar-refractivity contribution in [3.05, 3.63) is 50.1 Å². The van der Waals surface area contributed by atoms with Crippen LogP contribution in [-0.2, 0) is 24.1 Å². The van der Waals surface area contributed by atoms with Gasteiger partial charge in [0.1, 0.15) is 11.3 Å². The van der Waals surface area contributed by atoms with E-state index in [0.717, 1.165) is 26.1 Å². The maximum absolute atomic E-state index is 12.6. The molecule has 0 spiro atoms. The van der Waals surface area contributed by atoms with Gasteiger partial charge in [0.05, 0.1) is 13.7 Å². The number of carbonyl (C=O) groups excluding carboxylic acids is 1. The fourth-order valence-electron chi connectivity index (χ4n) is 3.26. The number of esters is 1. The van der Waals surface area contributed by atoms with E-state index in [1.165, 1.54) is 18.7 Å². The van der Waals surface area contributed by atoms with Crippen LogP contribution in [0.25, 0.3) is 0 Å². The average Bonchev–Trinajstić information content (AvgIpc) is 3.06. The molecule has 2 aromatic rings. The van der Waals surface area contributed by atoms with Gasteiger partial charge < -0.3 is 18.9 Å². The highest BCUT2D eigenvalue weighted by Gasteiger charge is 2.25. The van der Waals surface area contributed by atoms with E-state index in [1.807, 2.05) is 11.4 Å². The largest absolute Gasteiger partial charge is 0.492 e. The van der Waals surface area contributed by atoms with Gasteiger partial charge in [-0.3, -0.25) is 4.79 Å². The molecule has 0 aromatic carbocycles. The molecule has 0 radical (unpaired) electrons. The summed E-state index contributed by atoms with van der Waals surface area (Å²) in [5, 5.41) is 4.08.